The fraction of sp³-hybridized carbons (Fsp3) is 1.00. The van der Waals surface area contributed by atoms with E-state index in [0.29, 0.717) is 5.92 Å². The van der Waals surface area contributed by atoms with Gasteiger partial charge in [0, 0.05) is 0 Å². The average molecular weight is 292 g/mol. The first-order chi connectivity index (χ1) is 8.72. The van der Waals surface area contributed by atoms with Gasteiger partial charge in [0.15, 0.2) is 0 Å². The van der Waals surface area contributed by atoms with Crippen LogP contribution in [0.25, 0.3) is 0 Å². The van der Waals surface area contributed by atoms with Gasteiger partial charge in [0.1, 0.15) is 11.2 Å². The molecular weight excluding hydrogens is 269 g/mol. The van der Waals surface area contributed by atoms with Crippen LogP contribution in [0.15, 0.2) is 0 Å². The molecule has 1 saturated heterocycles. The molecule has 18 heavy (non-hydrogen) atoms. The van der Waals surface area contributed by atoms with E-state index in [9.17, 15) is 0 Å². The number of alkyl halides is 2. The van der Waals surface area contributed by atoms with Gasteiger partial charge >= 0.3 is 0 Å². The molecule has 0 aromatic rings. The van der Waals surface area contributed by atoms with E-state index < -0.39 is 0 Å². The van der Waals surface area contributed by atoms with E-state index in [1.165, 1.54) is 44.9 Å². The molecule has 5 atom stereocenters. The summed E-state index contributed by atoms with van der Waals surface area (Å²) in [6.45, 7) is 0. The van der Waals surface area contributed by atoms with Crippen molar-refractivity contribution < 1.29 is 0 Å². The molecule has 3 nitrogen and oxygen atoms in total. The summed E-state index contributed by atoms with van der Waals surface area (Å²) in [6.07, 6.45) is 10.1. The van der Waals surface area contributed by atoms with Gasteiger partial charge in [0.25, 0.3) is 0 Å². The van der Waals surface area contributed by atoms with Crippen molar-refractivity contribution in [3.05, 3.63) is 0 Å². The van der Waals surface area contributed by atoms with Gasteiger partial charge in [-0.3, -0.25) is 16.0 Å². The Balaban J connectivity index is 1.59. The maximum Gasteiger partial charge on any atom is 0.138 e. The molecule has 2 saturated carbocycles. The van der Waals surface area contributed by atoms with Crippen molar-refractivity contribution in [3.63, 3.8) is 0 Å². The predicted molar refractivity (Wildman–Crippen MR) is 75.3 cm³/mol. The molecule has 0 radical (unpaired) electrons. The van der Waals surface area contributed by atoms with E-state index in [0.717, 1.165) is 11.8 Å². The van der Waals surface area contributed by atoms with Gasteiger partial charge in [-0.25, -0.2) is 0 Å². The zero-order chi connectivity index (χ0) is 12.5. The van der Waals surface area contributed by atoms with Crippen LogP contribution in [0.2, 0.25) is 0 Å². The van der Waals surface area contributed by atoms with E-state index >= 15 is 0 Å². The van der Waals surface area contributed by atoms with Gasteiger partial charge in [0.2, 0.25) is 0 Å². The summed E-state index contributed by atoms with van der Waals surface area (Å²) < 4.78 is 0. The summed E-state index contributed by atoms with van der Waals surface area (Å²) in [4.78, 5) is 0. The summed E-state index contributed by atoms with van der Waals surface area (Å²) in [6, 6.07) is 0. The first-order valence-corrected chi connectivity index (χ1v) is 8.16. The molecule has 3 N–H and O–H groups in total. The lowest BCUT2D eigenvalue weighted by Crippen LogP contribution is -2.66. The molecule has 1 aliphatic heterocycles. The van der Waals surface area contributed by atoms with Crippen molar-refractivity contribution in [2.24, 2.45) is 17.8 Å². The van der Waals surface area contributed by atoms with Crippen molar-refractivity contribution >= 4 is 23.2 Å². The third-order valence-electron chi connectivity index (χ3n) is 5.00. The van der Waals surface area contributed by atoms with Crippen LogP contribution in [0.3, 0.4) is 0 Å². The highest BCUT2D eigenvalue weighted by molar-refractivity contribution is 6.23. The second kappa shape index (κ2) is 5.84. The van der Waals surface area contributed by atoms with Crippen LogP contribution in [0.4, 0.5) is 0 Å². The molecule has 0 spiro atoms. The molecular formula is C13H23Cl2N3. The quantitative estimate of drug-likeness (QED) is 0.514. The smallest absolute Gasteiger partial charge is 0.138 e. The monoisotopic (exact) mass is 291 g/mol. The Labute approximate surface area is 119 Å². The number of rotatable bonds is 1. The molecule has 3 fully saturated rings. The van der Waals surface area contributed by atoms with Crippen LogP contribution in [0.1, 0.15) is 44.9 Å². The molecule has 0 amide bonds. The number of halogens is 2. The normalized spacial score (nSPS) is 49.7. The van der Waals surface area contributed by atoms with Crippen molar-refractivity contribution in [2.45, 2.75) is 62.4 Å². The number of fused-ring (bicyclic) bond motifs is 1. The molecule has 2 aliphatic carbocycles. The fourth-order valence-corrected chi connectivity index (χ4v) is 4.66. The second-order valence-corrected chi connectivity index (χ2v) is 6.95. The molecule has 104 valence electrons. The van der Waals surface area contributed by atoms with E-state index in [-0.39, 0.29) is 17.4 Å². The minimum atomic E-state index is -0.220. The Morgan fingerprint density at radius 2 is 1.28 bits per heavy atom. The Hall–Kier alpha value is 0.460. The van der Waals surface area contributed by atoms with Crippen molar-refractivity contribution in [3.8, 4) is 0 Å². The Kier molecular flexibility index (Phi) is 4.36. The Bertz CT molecular complexity index is 279. The highest BCUT2D eigenvalue weighted by Gasteiger charge is 2.37. The third kappa shape index (κ3) is 2.96. The highest BCUT2D eigenvalue weighted by atomic mass is 35.5. The Morgan fingerprint density at radius 1 is 0.667 bits per heavy atom. The van der Waals surface area contributed by atoms with E-state index in [1.807, 2.05) is 0 Å². The first-order valence-electron chi connectivity index (χ1n) is 7.28. The van der Waals surface area contributed by atoms with Crippen LogP contribution in [-0.4, -0.2) is 17.4 Å². The summed E-state index contributed by atoms with van der Waals surface area (Å²) in [5.41, 5.74) is -0.439. The minimum absolute atomic E-state index is 0.220. The van der Waals surface area contributed by atoms with Crippen LogP contribution in [-0.2, 0) is 0 Å². The lowest BCUT2D eigenvalue weighted by Gasteiger charge is -2.45. The predicted octanol–water partition coefficient (Wildman–Crippen LogP) is 2.75. The van der Waals surface area contributed by atoms with Crippen LogP contribution in [0, 0.1) is 17.8 Å². The van der Waals surface area contributed by atoms with Gasteiger partial charge in [-0.1, -0.05) is 48.9 Å². The zero-order valence-electron chi connectivity index (χ0n) is 10.7. The molecule has 3 rings (SSSR count). The van der Waals surface area contributed by atoms with Crippen molar-refractivity contribution in [1.29, 1.82) is 0 Å². The molecule has 0 aromatic heterocycles. The van der Waals surface area contributed by atoms with Gasteiger partial charge in [-0.2, -0.15) is 0 Å². The highest BCUT2D eigenvalue weighted by Crippen LogP contribution is 2.43. The van der Waals surface area contributed by atoms with Crippen molar-refractivity contribution in [2.75, 3.05) is 0 Å². The van der Waals surface area contributed by atoms with Gasteiger partial charge in [-0.15, -0.1) is 0 Å². The number of nitrogens with one attached hydrogen (secondary N) is 3. The summed E-state index contributed by atoms with van der Waals surface area (Å²) >= 11 is 12.2. The molecule has 5 heteroatoms. The molecule has 1 heterocycles. The Morgan fingerprint density at radius 3 is 2.00 bits per heavy atom. The standard InChI is InChI=1S/C13H23Cl2N3/c14-12-16-11(17-13(15)18-12)10-6-5-8-3-1-2-4-9(8)7-10/h8-13,16-18H,1-7H2. The first kappa shape index (κ1) is 13.4. The molecule has 0 bridgehead atoms. The topological polar surface area (TPSA) is 36.1 Å². The van der Waals surface area contributed by atoms with E-state index in [2.05, 4.69) is 16.0 Å². The maximum atomic E-state index is 6.12. The lowest BCUT2D eigenvalue weighted by molar-refractivity contribution is 0.0871. The lowest BCUT2D eigenvalue weighted by atomic mass is 9.67. The van der Waals surface area contributed by atoms with Crippen LogP contribution >= 0.6 is 23.2 Å². The fourth-order valence-electron chi connectivity index (χ4n) is 4.07. The SMILES string of the molecule is ClC1NC(Cl)NC(C2CCC3CCCCC3C2)N1. The third-order valence-corrected chi connectivity index (χ3v) is 5.50. The minimum Gasteiger partial charge on any atom is -0.273 e. The van der Waals surface area contributed by atoms with Gasteiger partial charge < -0.3 is 0 Å². The average Bonchev–Trinajstić information content (AvgIpc) is 2.37. The second-order valence-electron chi connectivity index (χ2n) is 6.08. The number of hydrogen-bond donors (Lipinski definition) is 3. The van der Waals surface area contributed by atoms with Gasteiger partial charge in [0.05, 0.1) is 6.17 Å². The molecule has 0 aromatic carbocycles. The summed E-state index contributed by atoms with van der Waals surface area (Å²) in [5.74, 6) is 2.61. The number of hydrogen-bond acceptors (Lipinski definition) is 3. The van der Waals surface area contributed by atoms with E-state index in [4.69, 9.17) is 23.2 Å². The van der Waals surface area contributed by atoms with Crippen molar-refractivity contribution in [1.82, 2.24) is 16.0 Å². The maximum absolute atomic E-state index is 6.12. The summed E-state index contributed by atoms with van der Waals surface area (Å²) in [5, 5.41) is 9.75. The zero-order valence-corrected chi connectivity index (χ0v) is 12.2. The molecule has 3 aliphatic rings. The van der Waals surface area contributed by atoms with E-state index in [1.54, 1.807) is 0 Å². The van der Waals surface area contributed by atoms with Crippen LogP contribution < -0.4 is 16.0 Å². The largest absolute Gasteiger partial charge is 0.273 e. The molecule has 5 unspecified atom stereocenters. The van der Waals surface area contributed by atoms with Crippen LogP contribution in [0.5, 0.6) is 0 Å². The summed E-state index contributed by atoms with van der Waals surface area (Å²) in [7, 11) is 0. The van der Waals surface area contributed by atoms with Gasteiger partial charge in [-0.05, 0) is 37.0 Å².